The maximum atomic E-state index is 11.8. The standard InChI is InChI=1S/C12H20N4O/c1-12(13,10-4-5-10)11(17)14-6-2-8-16-9-3-7-15-16/h3,7,9-10H,2,4-6,8,13H2,1H3,(H,14,17). The molecular weight excluding hydrogens is 216 g/mol. The van der Waals surface area contributed by atoms with Crippen LogP contribution in [0.4, 0.5) is 0 Å². The van der Waals surface area contributed by atoms with Gasteiger partial charge in [0.05, 0.1) is 5.54 Å². The lowest BCUT2D eigenvalue weighted by atomic mass is 9.96. The molecular formula is C12H20N4O. The summed E-state index contributed by atoms with van der Waals surface area (Å²) in [5.41, 5.74) is 5.32. The number of hydrogen-bond donors (Lipinski definition) is 2. The van der Waals surface area contributed by atoms with E-state index in [-0.39, 0.29) is 5.91 Å². The van der Waals surface area contributed by atoms with Crippen LogP contribution < -0.4 is 11.1 Å². The third-order valence-corrected chi connectivity index (χ3v) is 3.32. The Kier molecular flexibility index (Phi) is 3.47. The molecule has 1 saturated carbocycles. The maximum Gasteiger partial charge on any atom is 0.240 e. The van der Waals surface area contributed by atoms with Gasteiger partial charge in [0.25, 0.3) is 0 Å². The zero-order valence-electron chi connectivity index (χ0n) is 10.2. The van der Waals surface area contributed by atoms with E-state index in [0.717, 1.165) is 25.8 Å². The molecule has 3 N–H and O–H groups in total. The molecule has 1 aliphatic rings. The zero-order valence-corrected chi connectivity index (χ0v) is 10.2. The highest BCUT2D eigenvalue weighted by atomic mass is 16.2. The Morgan fingerprint density at radius 3 is 3.00 bits per heavy atom. The van der Waals surface area contributed by atoms with Crippen LogP contribution in [0.15, 0.2) is 18.5 Å². The lowest BCUT2D eigenvalue weighted by Gasteiger charge is -2.23. The highest BCUT2D eigenvalue weighted by Crippen LogP contribution is 2.37. The molecule has 0 saturated heterocycles. The van der Waals surface area contributed by atoms with E-state index in [9.17, 15) is 4.79 Å². The molecule has 0 spiro atoms. The van der Waals surface area contributed by atoms with Gasteiger partial charge >= 0.3 is 0 Å². The first-order valence-electron chi connectivity index (χ1n) is 6.15. The topological polar surface area (TPSA) is 72.9 Å². The summed E-state index contributed by atoms with van der Waals surface area (Å²) in [5.74, 6) is 0.342. The molecule has 1 aliphatic carbocycles. The molecule has 5 nitrogen and oxygen atoms in total. The highest BCUT2D eigenvalue weighted by Gasteiger charge is 2.43. The van der Waals surface area contributed by atoms with E-state index in [1.807, 2.05) is 23.9 Å². The first-order chi connectivity index (χ1) is 8.10. The average Bonchev–Trinajstić information content (AvgIpc) is 3.04. The predicted octanol–water partition coefficient (Wildman–Crippen LogP) is 0.517. The number of aryl methyl sites for hydroxylation is 1. The Bertz CT molecular complexity index is 368. The van der Waals surface area contributed by atoms with Crippen LogP contribution in [0.25, 0.3) is 0 Å². The molecule has 5 heteroatoms. The van der Waals surface area contributed by atoms with Crippen molar-refractivity contribution in [2.45, 2.75) is 38.3 Å². The Morgan fingerprint density at radius 1 is 1.65 bits per heavy atom. The van der Waals surface area contributed by atoms with E-state index in [0.29, 0.717) is 12.5 Å². The van der Waals surface area contributed by atoms with Crippen molar-refractivity contribution >= 4 is 5.91 Å². The van der Waals surface area contributed by atoms with E-state index in [4.69, 9.17) is 5.73 Å². The van der Waals surface area contributed by atoms with Gasteiger partial charge < -0.3 is 11.1 Å². The van der Waals surface area contributed by atoms with Gasteiger partial charge in [-0.05, 0) is 38.2 Å². The molecule has 94 valence electrons. The van der Waals surface area contributed by atoms with Gasteiger partial charge in [0.1, 0.15) is 0 Å². The Hall–Kier alpha value is -1.36. The van der Waals surface area contributed by atoms with Crippen LogP contribution in [0.3, 0.4) is 0 Å². The van der Waals surface area contributed by atoms with Crippen molar-refractivity contribution in [1.29, 1.82) is 0 Å². The molecule has 2 rings (SSSR count). The summed E-state index contributed by atoms with van der Waals surface area (Å²) in [7, 11) is 0. The van der Waals surface area contributed by atoms with Crippen molar-refractivity contribution < 1.29 is 4.79 Å². The third kappa shape index (κ3) is 3.06. The molecule has 0 aromatic carbocycles. The number of nitrogens with zero attached hydrogens (tertiary/aromatic N) is 2. The van der Waals surface area contributed by atoms with Gasteiger partial charge in [0.15, 0.2) is 0 Å². The zero-order chi connectivity index (χ0) is 12.3. The second-order valence-electron chi connectivity index (χ2n) is 4.94. The van der Waals surface area contributed by atoms with Crippen LogP contribution in [0.2, 0.25) is 0 Å². The van der Waals surface area contributed by atoms with E-state index in [1.54, 1.807) is 6.20 Å². The number of nitrogens with two attached hydrogens (primary N) is 1. The summed E-state index contributed by atoms with van der Waals surface area (Å²) in [6, 6.07) is 1.89. The minimum Gasteiger partial charge on any atom is -0.354 e. The molecule has 0 radical (unpaired) electrons. The van der Waals surface area contributed by atoms with Crippen molar-refractivity contribution in [2.24, 2.45) is 11.7 Å². The van der Waals surface area contributed by atoms with E-state index in [1.165, 1.54) is 0 Å². The van der Waals surface area contributed by atoms with Gasteiger partial charge in [-0.3, -0.25) is 9.48 Å². The van der Waals surface area contributed by atoms with Crippen molar-refractivity contribution in [3.8, 4) is 0 Å². The summed E-state index contributed by atoms with van der Waals surface area (Å²) < 4.78 is 1.86. The second-order valence-corrected chi connectivity index (χ2v) is 4.94. The molecule has 0 bridgehead atoms. The number of aromatic nitrogens is 2. The largest absolute Gasteiger partial charge is 0.354 e. The average molecular weight is 236 g/mol. The van der Waals surface area contributed by atoms with Crippen LogP contribution in [-0.2, 0) is 11.3 Å². The lowest BCUT2D eigenvalue weighted by molar-refractivity contribution is -0.126. The monoisotopic (exact) mass is 236 g/mol. The van der Waals surface area contributed by atoms with Gasteiger partial charge in [0.2, 0.25) is 5.91 Å². The first-order valence-corrected chi connectivity index (χ1v) is 6.15. The van der Waals surface area contributed by atoms with Crippen molar-refractivity contribution in [3.63, 3.8) is 0 Å². The van der Waals surface area contributed by atoms with Crippen LogP contribution >= 0.6 is 0 Å². The Morgan fingerprint density at radius 2 is 2.41 bits per heavy atom. The molecule has 1 aromatic heterocycles. The Balaban J connectivity index is 1.66. The summed E-state index contributed by atoms with van der Waals surface area (Å²) in [5, 5.41) is 7.00. The van der Waals surface area contributed by atoms with Gasteiger partial charge in [-0.25, -0.2) is 0 Å². The second kappa shape index (κ2) is 4.87. The lowest BCUT2D eigenvalue weighted by Crippen LogP contribution is -2.53. The van der Waals surface area contributed by atoms with Crippen molar-refractivity contribution in [2.75, 3.05) is 6.54 Å². The van der Waals surface area contributed by atoms with Crippen molar-refractivity contribution in [3.05, 3.63) is 18.5 Å². The molecule has 1 aromatic rings. The molecule has 17 heavy (non-hydrogen) atoms. The van der Waals surface area contributed by atoms with E-state index in [2.05, 4.69) is 10.4 Å². The molecule has 1 atom stereocenters. The van der Waals surface area contributed by atoms with Gasteiger partial charge in [-0.2, -0.15) is 5.10 Å². The van der Waals surface area contributed by atoms with E-state index < -0.39 is 5.54 Å². The summed E-state index contributed by atoms with van der Waals surface area (Å²) in [6.07, 6.45) is 6.69. The highest BCUT2D eigenvalue weighted by molar-refractivity contribution is 5.86. The van der Waals surface area contributed by atoms with Crippen LogP contribution in [0.5, 0.6) is 0 Å². The quantitative estimate of drug-likeness (QED) is 0.707. The molecule has 1 heterocycles. The minimum atomic E-state index is -0.689. The predicted molar refractivity (Wildman–Crippen MR) is 65.2 cm³/mol. The number of rotatable bonds is 6. The number of carbonyl (C=O) groups is 1. The normalized spacial score (nSPS) is 18.7. The summed E-state index contributed by atoms with van der Waals surface area (Å²) >= 11 is 0. The third-order valence-electron chi connectivity index (χ3n) is 3.32. The fraction of sp³-hybridized carbons (Fsp3) is 0.667. The fourth-order valence-electron chi connectivity index (χ4n) is 1.93. The van der Waals surface area contributed by atoms with Crippen molar-refractivity contribution in [1.82, 2.24) is 15.1 Å². The van der Waals surface area contributed by atoms with Gasteiger partial charge in [-0.15, -0.1) is 0 Å². The van der Waals surface area contributed by atoms with Crippen LogP contribution in [0.1, 0.15) is 26.2 Å². The number of hydrogen-bond acceptors (Lipinski definition) is 3. The first kappa shape index (κ1) is 12.1. The maximum absolute atomic E-state index is 11.8. The Labute approximate surface area is 101 Å². The minimum absolute atomic E-state index is 0.0273. The molecule has 1 amide bonds. The molecule has 1 fully saturated rings. The molecule has 1 unspecified atom stereocenters. The van der Waals surface area contributed by atoms with Gasteiger partial charge in [0, 0.05) is 25.5 Å². The van der Waals surface area contributed by atoms with Crippen LogP contribution in [-0.4, -0.2) is 27.8 Å². The van der Waals surface area contributed by atoms with Gasteiger partial charge in [-0.1, -0.05) is 0 Å². The van der Waals surface area contributed by atoms with E-state index >= 15 is 0 Å². The fourth-order valence-corrected chi connectivity index (χ4v) is 1.93. The molecule has 0 aliphatic heterocycles. The van der Waals surface area contributed by atoms with Crippen LogP contribution in [0, 0.1) is 5.92 Å². The summed E-state index contributed by atoms with van der Waals surface area (Å²) in [6.45, 7) is 3.30. The SMILES string of the molecule is CC(N)(C(=O)NCCCn1cccn1)C1CC1. The number of nitrogens with one attached hydrogen (secondary N) is 1. The number of amides is 1. The summed E-state index contributed by atoms with van der Waals surface area (Å²) in [4.78, 5) is 11.8. The number of carbonyl (C=O) groups excluding carboxylic acids is 1. The smallest absolute Gasteiger partial charge is 0.240 e.